The van der Waals surface area contributed by atoms with Crippen molar-refractivity contribution in [3.8, 4) is 23.3 Å². The molecule has 1 saturated heterocycles. The molecule has 424 valence electrons. The first kappa shape index (κ1) is 58.2. The summed E-state index contributed by atoms with van der Waals surface area (Å²) < 4.78 is 117. The number of rotatable bonds is 25. The third-order valence-electron chi connectivity index (χ3n) is 13.7. The van der Waals surface area contributed by atoms with Gasteiger partial charge < -0.3 is 59.4 Å². The van der Waals surface area contributed by atoms with Gasteiger partial charge in [0.1, 0.15) is 35.3 Å². The van der Waals surface area contributed by atoms with E-state index in [2.05, 4.69) is 50.0 Å². The largest absolute Gasteiger partial charge is 0.495 e. The third kappa shape index (κ3) is 15.9. The molecule has 4 heterocycles. The van der Waals surface area contributed by atoms with Crippen molar-refractivity contribution in [2.45, 2.75) is 63.6 Å². The number of piperidine rings is 1. The van der Waals surface area contributed by atoms with Crippen LogP contribution in [0.25, 0.3) is 21.8 Å². The van der Waals surface area contributed by atoms with Crippen LogP contribution < -0.4 is 30.7 Å². The van der Waals surface area contributed by atoms with Crippen molar-refractivity contribution in [2.75, 3.05) is 117 Å². The van der Waals surface area contributed by atoms with Gasteiger partial charge in [-0.25, -0.2) is 13.2 Å². The predicted octanol–water partition coefficient (Wildman–Crippen LogP) is 8.61. The highest BCUT2D eigenvalue weighted by Crippen LogP contribution is 2.42. The topological polar surface area (TPSA) is 156 Å². The molecule has 1 atom stereocenters. The van der Waals surface area contributed by atoms with E-state index in [1.807, 2.05) is 30.3 Å². The number of aromatic amines is 1. The molecule has 2 amide bonds. The molecule has 0 aliphatic carbocycles. The van der Waals surface area contributed by atoms with Gasteiger partial charge >= 0.3 is 6.18 Å². The lowest BCUT2D eigenvalue weighted by Crippen LogP contribution is -2.43. The van der Waals surface area contributed by atoms with E-state index < -0.39 is 48.6 Å². The van der Waals surface area contributed by atoms with Crippen LogP contribution in [0.15, 0.2) is 78.9 Å². The van der Waals surface area contributed by atoms with Gasteiger partial charge in [0.15, 0.2) is 6.61 Å². The van der Waals surface area contributed by atoms with Crippen molar-refractivity contribution in [2.24, 2.45) is 0 Å². The first-order valence-electron chi connectivity index (χ1n) is 26.4. The number of nitrogens with one attached hydrogen (secondary N) is 5. The smallest absolute Gasteiger partial charge is 0.406 e. The van der Waals surface area contributed by atoms with Crippen molar-refractivity contribution < 1.29 is 59.6 Å². The standard InChI is InChI=1S/C58H68F6N8O7/c1-57(2,61)36-71-24-18-43-42-10-5-6-11-47(42)69-54(43)55(71)53-45(59)33-41(34-46(53)60)79-35-52(73)66-20-25-76-27-29-78-30-28-77-26-21-67-56(74)38-14-15-49(51(31-38)75-4)65-19-8-9-40-32-44-48(68-39-16-22-70(3)23-17-39)12-7-13-50(44)72(40)37-58(62,63)64/h5-7,10-15,31-34,39,55,65,68-69H,16-30,35-37H2,1-4H3,(H,66,73)(H,67,74). The van der Waals surface area contributed by atoms with E-state index in [9.17, 15) is 27.2 Å². The molecule has 2 aromatic heterocycles. The summed E-state index contributed by atoms with van der Waals surface area (Å²) in [6.45, 7) is 5.38. The Bertz CT molecular complexity index is 3080. The van der Waals surface area contributed by atoms with Crippen molar-refractivity contribution in [3.05, 3.63) is 119 Å². The van der Waals surface area contributed by atoms with Crippen molar-refractivity contribution in [1.82, 2.24) is 30.0 Å². The Hall–Kier alpha value is -6.96. The second-order valence-electron chi connectivity index (χ2n) is 20.2. The van der Waals surface area contributed by atoms with Gasteiger partial charge in [0.25, 0.3) is 11.8 Å². The zero-order valence-corrected chi connectivity index (χ0v) is 44.9. The van der Waals surface area contributed by atoms with Crippen LogP contribution in [0, 0.1) is 23.5 Å². The van der Waals surface area contributed by atoms with Gasteiger partial charge in [0, 0.05) is 83.2 Å². The van der Waals surface area contributed by atoms with Crippen molar-refractivity contribution in [3.63, 3.8) is 0 Å². The highest BCUT2D eigenvalue weighted by molar-refractivity contribution is 5.95. The second-order valence-corrected chi connectivity index (χ2v) is 20.2. The fourth-order valence-corrected chi connectivity index (χ4v) is 10.0. The van der Waals surface area contributed by atoms with Gasteiger partial charge in [-0.05, 0) is 107 Å². The van der Waals surface area contributed by atoms with Crippen LogP contribution in [-0.2, 0) is 32.0 Å². The highest BCUT2D eigenvalue weighted by Gasteiger charge is 2.38. The number of H-pyrrole nitrogens is 1. The minimum atomic E-state index is -4.45. The Kier molecular flexibility index (Phi) is 19.7. The van der Waals surface area contributed by atoms with Crippen LogP contribution in [0.3, 0.4) is 0 Å². The van der Waals surface area contributed by atoms with E-state index in [0.29, 0.717) is 46.6 Å². The predicted molar refractivity (Wildman–Crippen MR) is 291 cm³/mol. The van der Waals surface area contributed by atoms with E-state index in [1.165, 1.54) is 25.5 Å². The number of benzene rings is 4. The molecule has 1 fully saturated rings. The lowest BCUT2D eigenvalue weighted by molar-refractivity contribution is -0.140. The van der Waals surface area contributed by atoms with E-state index in [1.54, 1.807) is 41.3 Å². The van der Waals surface area contributed by atoms with Crippen LogP contribution in [0.1, 0.15) is 65.6 Å². The Morgan fingerprint density at radius 2 is 1.48 bits per heavy atom. The van der Waals surface area contributed by atoms with Crippen molar-refractivity contribution >= 4 is 45.0 Å². The zero-order valence-electron chi connectivity index (χ0n) is 44.9. The number of likely N-dealkylation sites (tertiary alicyclic amines) is 1. The molecule has 0 radical (unpaired) electrons. The lowest BCUT2D eigenvalue weighted by atomic mass is 9.90. The average molecular weight is 1100 g/mol. The summed E-state index contributed by atoms with van der Waals surface area (Å²) in [5.41, 5.74) is 2.90. The van der Waals surface area contributed by atoms with Gasteiger partial charge in [-0.2, -0.15) is 13.2 Å². The molecule has 1 unspecified atom stereocenters. The Morgan fingerprint density at radius 3 is 2.18 bits per heavy atom. The number of anilines is 2. The average Bonchev–Trinajstić information content (AvgIpc) is 4.22. The highest BCUT2D eigenvalue weighted by atomic mass is 19.4. The number of halogens is 6. The SMILES string of the molecule is COc1cc(C(=O)NCCOCCOCCOCCNC(=O)COc2cc(F)c(C3c4[nH]c5ccccc5c4CCN3CC(C)(C)F)c(F)c2)ccc1NCC#Cc1cc2c(NC3CCN(C)CC3)cccc2n1CC(F)(F)F. The number of para-hydroxylation sites is 1. The summed E-state index contributed by atoms with van der Waals surface area (Å²) in [5, 5.41) is 13.7. The number of amides is 2. The first-order chi connectivity index (χ1) is 37.9. The van der Waals surface area contributed by atoms with E-state index >= 15 is 8.78 Å². The second kappa shape index (κ2) is 26.8. The van der Waals surface area contributed by atoms with Gasteiger partial charge in [-0.1, -0.05) is 30.2 Å². The molecule has 8 rings (SSSR count). The molecule has 5 N–H and O–H groups in total. The Labute approximate surface area is 455 Å². The number of hydrogen-bond donors (Lipinski definition) is 5. The van der Waals surface area contributed by atoms with Gasteiger partial charge in [-0.3, -0.25) is 14.5 Å². The minimum Gasteiger partial charge on any atom is -0.495 e. The summed E-state index contributed by atoms with van der Waals surface area (Å²) in [6, 6.07) is 20.9. The molecule has 79 heavy (non-hydrogen) atoms. The van der Waals surface area contributed by atoms with Crippen LogP contribution in [0.2, 0.25) is 0 Å². The molecule has 6 aromatic rings. The fourth-order valence-electron chi connectivity index (χ4n) is 10.0. The molecular weight excluding hydrogens is 1030 g/mol. The molecule has 4 aromatic carbocycles. The maximum Gasteiger partial charge on any atom is 0.406 e. The lowest BCUT2D eigenvalue weighted by Gasteiger charge is -2.38. The fraction of sp³-hybridized carbons (Fsp3) is 0.448. The monoisotopic (exact) mass is 1100 g/mol. The summed E-state index contributed by atoms with van der Waals surface area (Å²) in [6.07, 6.45) is -1.99. The van der Waals surface area contributed by atoms with E-state index in [0.717, 1.165) is 60.2 Å². The van der Waals surface area contributed by atoms with Gasteiger partial charge in [0.05, 0.1) is 76.2 Å². The summed E-state index contributed by atoms with van der Waals surface area (Å²) in [5.74, 6) is 3.48. The maximum atomic E-state index is 15.9. The molecule has 0 bridgehead atoms. The first-order valence-corrected chi connectivity index (χ1v) is 26.4. The maximum absolute atomic E-state index is 15.9. The van der Waals surface area contributed by atoms with Crippen LogP contribution in [-0.4, -0.2) is 155 Å². The quantitative estimate of drug-likeness (QED) is 0.0213. The zero-order chi connectivity index (χ0) is 56.1. The molecule has 15 nitrogen and oxygen atoms in total. The summed E-state index contributed by atoms with van der Waals surface area (Å²) in [7, 11) is 3.53. The molecule has 0 saturated carbocycles. The molecular formula is C58H68F6N8O7. The molecule has 2 aliphatic rings. The molecule has 21 heteroatoms. The van der Waals surface area contributed by atoms with E-state index in [4.69, 9.17) is 23.7 Å². The van der Waals surface area contributed by atoms with Gasteiger partial charge in [-0.15, -0.1) is 0 Å². The minimum absolute atomic E-state index is 0.0425. The Balaban J connectivity index is 0.690. The summed E-state index contributed by atoms with van der Waals surface area (Å²) >= 11 is 0. The Morgan fingerprint density at radius 1 is 0.785 bits per heavy atom. The number of ether oxygens (including phenoxy) is 5. The van der Waals surface area contributed by atoms with Gasteiger partial charge in [0.2, 0.25) is 0 Å². The number of fused-ring (bicyclic) bond motifs is 4. The number of methoxy groups -OCH3 is 1. The van der Waals surface area contributed by atoms with Crippen molar-refractivity contribution in [1.29, 1.82) is 0 Å². The number of carbonyl (C=O) groups excluding carboxylic acids is 2. The number of hydrogen-bond acceptors (Lipinski definition) is 11. The van der Waals surface area contributed by atoms with Crippen LogP contribution >= 0.6 is 0 Å². The molecule has 2 aliphatic heterocycles. The van der Waals surface area contributed by atoms with Crippen LogP contribution in [0.4, 0.5) is 37.7 Å². The molecule has 0 spiro atoms. The number of carbonyl (C=O) groups is 2. The summed E-state index contributed by atoms with van der Waals surface area (Å²) in [4.78, 5) is 32.7. The third-order valence-corrected chi connectivity index (χ3v) is 13.7. The normalized spacial score (nSPS) is 15.4. The van der Waals surface area contributed by atoms with E-state index in [-0.39, 0.29) is 94.8 Å². The number of alkyl halides is 4. The number of nitrogens with zero attached hydrogens (tertiary/aromatic N) is 3. The van der Waals surface area contributed by atoms with Crippen LogP contribution in [0.5, 0.6) is 11.5 Å². The number of aromatic nitrogens is 2.